The van der Waals surface area contributed by atoms with E-state index in [4.69, 9.17) is 9.31 Å². The van der Waals surface area contributed by atoms with Crippen LogP contribution in [0, 0.1) is 0 Å². The minimum atomic E-state index is -0.340. The second-order valence-corrected chi connectivity index (χ2v) is 13.2. The highest BCUT2D eigenvalue weighted by atomic mass is 32.1. The van der Waals surface area contributed by atoms with Crippen molar-refractivity contribution in [3.63, 3.8) is 0 Å². The number of rotatable bonds is 2. The number of hydrogen-bond acceptors (Lipinski definition) is 3. The summed E-state index contributed by atoms with van der Waals surface area (Å²) in [6, 6.07) is 29.4. The molecule has 4 aromatic carbocycles. The molecule has 2 aliphatic rings. The average molecular weight is 502 g/mol. The molecule has 1 saturated heterocycles. The monoisotopic (exact) mass is 502 g/mol. The van der Waals surface area contributed by atoms with Crippen LogP contribution in [0.5, 0.6) is 0 Å². The molecule has 5 aromatic rings. The highest BCUT2D eigenvalue weighted by Gasteiger charge is 2.51. The van der Waals surface area contributed by atoms with Crippen molar-refractivity contribution in [3.05, 3.63) is 90.0 Å². The lowest BCUT2D eigenvalue weighted by Crippen LogP contribution is -2.41. The van der Waals surface area contributed by atoms with Crippen molar-refractivity contribution >= 4 is 44.1 Å². The molecule has 1 fully saturated rings. The third-order valence-electron chi connectivity index (χ3n) is 8.94. The molecule has 4 heteroatoms. The van der Waals surface area contributed by atoms with Gasteiger partial charge < -0.3 is 9.31 Å². The zero-order valence-corrected chi connectivity index (χ0v) is 23.1. The molecule has 0 radical (unpaired) electrons. The van der Waals surface area contributed by atoms with Gasteiger partial charge in [0.05, 0.1) is 11.2 Å². The maximum absolute atomic E-state index is 6.31. The fourth-order valence-electron chi connectivity index (χ4n) is 5.98. The predicted octanol–water partition coefficient (Wildman–Crippen LogP) is 8.33. The first-order chi connectivity index (χ1) is 17.5. The Balaban J connectivity index is 1.27. The molecule has 184 valence electrons. The molecule has 1 aliphatic heterocycles. The van der Waals surface area contributed by atoms with Crippen molar-refractivity contribution < 1.29 is 9.31 Å². The third kappa shape index (κ3) is 3.32. The van der Waals surface area contributed by atoms with Gasteiger partial charge in [0, 0.05) is 25.6 Å². The molecule has 2 nitrogen and oxygen atoms in total. The smallest absolute Gasteiger partial charge is 0.399 e. The Labute approximate surface area is 223 Å². The second-order valence-electron chi connectivity index (χ2n) is 12.1. The maximum atomic E-state index is 6.31. The predicted molar refractivity (Wildman–Crippen MR) is 158 cm³/mol. The molecule has 1 aliphatic carbocycles. The Hall–Kier alpha value is -2.92. The van der Waals surface area contributed by atoms with Crippen molar-refractivity contribution in [1.82, 2.24) is 0 Å². The summed E-state index contributed by atoms with van der Waals surface area (Å²) in [7, 11) is -0.339. The van der Waals surface area contributed by atoms with Crippen LogP contribution < -0.4 is 5.46 Å². The van der Waals surface area contributed by atoms with Crippen LogP contribution in [0.15, 0.2) is 78.9 Å². The highest BCUT2D eigenvalue weighted by Crippen LogP contribution is 2.49. The summed E-state index contributed by atoms with van der Waals surface area (Å²) in [4.78, 5) is 0. The highest BCUT2D eigenvalue weighted by molar-refractivity contribution is 7.26. The van der Waals surface area contributed by atoms with Crippen LogP contribution in [0.2, 0.25) is 0 Å². The lowest BCUT2D eigenvalue weighted by Gasteiger charge is -2.32. The molecule has 1 aromatic heterocycles. The summed E-state index contributed by atoms with van der Waals surface area (Å²) >= 11 is 1.85. The average Bonchev–Trinajstić information content (AvgIpc) is 3.42. The van der Waals surface area contributed by atoms with Gasteiger partial charge in [-0.1, -0.05) is 74.5 Å². The molecule has 0 N–H and O–H groups in total. The molecule has 0 bridgehead atoms. The van der Waals surface area contributed by atoms with Gasteiger partial charge in [-0.15, -0.1) is 11.3 Å². The summed E-state index contributed by atoms with van der Waals surface area (Å²) in [6.07, 6.45) is 0. The van der Waals surface area contributed by atoms with E-state index in [0.29, 0.717) is 0 Å². The first-order valence-corrected chi connectivity index (χ1v) is 13.9. The van der Waals surface area contributed by atoms with Crippen LogP contribution in [0.1, 0.15) is 52.7 Å². The van der Waals surface area contributed by atoms with Crippen molar-refractivity contribution in [2.45, 2.75) is 58.2 Å². The van der Waals surface area contributed by atoms with Crippen LogP contribution in [0.3, 0.4) is 0 Å². The minimum Gasteiger partial charge on any atom is -0.399 e. The zero-order chi connectivity index (χ0) is 25.7. The van der Waals surface area contributed by atoms with Gasteiger partial charge in [0.15, 0.2) is 0 Å². The fourth-order valence-corrected chi connectivity index (χ4v) is 7.18. The molecule has 7 rings (SSSR count). The normalized spacial score (nSPS) is 18.9. The van der Waals surface area contributed by atoms with Gasteiger partial charge >= 0.3 is 7.12 Å². The quantitative estimate of drug-likeness (QED) is 0.226. The summed E-state index contributed by atoms with van der Waals surface area (Å²) in [5.74, 6) is 0. The SMILES string of the molecule is CC1(C)c2ccccc2-c2ccc(-c3ccc4c(c3)sc3cc(B5OC(C)(C)C(C)(C)O5)ccc34)cc21. The largest absolute Gasteiger partial charge is 0.494 e. The van der Waals surface area contributed by atoms with E-state index >= 15 is 0 Å². The Morgan fingerprint density at radius 1 is 0.595 bits per heavy atom. The van der Waals surface area contributed by atoms with Gasteiger partial charge in [-0.3, -0.25) is 0 Å². The summed E-state index contributed by atoms with van der Waals surface area (Å²) < 4.78 is 15.2. The fraction of sp³-hybridized carbons (Fsp3) is 0.273. The van der Waals surface area contributed by atoms with Crippen molar-refractivity contribution in [2.75, 3.05) is 0 Å². The van der Waals surface area contributed by atoms with Gasteiger partial charge in [-0.25, -0.2) is 0 Å². The van der Waals surface area contributed by atoms with Crippen LogP contribution in [0.4, 0.5) is 0 Å². The molecule has 0 atom stereocenters. The van der Waals surface area contributed by atoms with Gasteiger partial charge in [-0.2, -0.15) is 0 Å². The molecular formula is C33H31BO2S. The second kappa shape index (κ2) is 7.57. The van der Waals surface area contributed by atoms with Gasteiger partial charge in [0.25, 0.3) is 0 Å². The summed E-state index contributed by atoms with van der Waals surface area (Å²) in [6.45, 7) is 13.1. The number of thiophene rings is 1. The Morgan fingerprint density at radius 2 is 1.19 bits per heavy atom. The van der Waals surface area contributed by atoms with E-state index in [1.807, 2.05) is 11.3 Å². The first-order valence-electron chi connectivity index (χ1n) is 13.1. The van der Waals surface area contributed by atoms with Crippen LogP contribution in [-0.2, 0) is 14.7 Å². The maximum Gasteiger partial charge on any atom is 0.494 e. The van der Waals surface area contributed by atoms with E-state index in [1.54, 1.807) is 0 Å². The lowest BCUT2D eigenvalue weighted by atomic mass is 9.79. The Kier molecular flexibility index (Phi) is 4.75. The zero-order valence-electron chi connectivity index (χ0n) is 22.3. The molecule has 0 unspecified atom stereocenters. The summed E-state index contributed by atoms with van der Waals surface area (Å²) in [5.41, 5.74) is 8.51. The number of hydrogen-bond donors (Lipinski definition) is 0. The lowest BCUT2D eigenvalue weighted by molar-refractivity contribution is 0.00578. The molecular weight excluding hydrogens is 471 g/mol. The summed E-state index contributed by atoms with van der Waals surface area (Å²) in [5, 5.41) is 2.59. The van der Waals surface area contributed by atoms with Gasteiger partial charge in [-0.05, 0) is 84.7 Å². The van der Waals surface area contributed by atoms with Crippen molar-refractivity contribution in [2.24, 2.45) is 0 Å². The third-order valence-corrected chi connectivity index (χ3v) is 10.1. The molecule has 2 heterocycles. The topological polar surface area (TPSA) is 18.5 Å². The van der Waals surface area contributed by atoms with Crippen molar-refractivity contribution in [3.8, 4) is 22.3 Å². The van der Waals surface area contributed by atoms with Gasteiger partial charge in [0.2, 0.25) is 0 Å². The van der Waals surface area contributed by atoms with E-state index in [2.05, 4.69) is 120 Å². The molecule has 0 spiro atoms. The van der Waals surface area contributed by atoms with E-state index in [-0.39, 0.29) is 23.7 Å². The molecule has 0 amide bonds. The first kappa shape index (κ1) is 23.2. The standard InChI is InChI=1S/C33H31BO2S/c1-31(2)27-10-8-7-9-23(27)24-14-11-20(17-28(24)31)21-12-15-25-26-16-13-22(19-30(26)37-29(25)18-21)34-35-32(3,4)33(5,6)36-34/h7-19H,1-6H3. The van der Waals surface area contributed by atoms with E-state index in [9.17, 15) is 0 Å². The number of fused-ring (bicyclic) bond motifs is 6. The number of benzene rings is 4. The van der Waals surface area contributed by atoms with Crippen LogP contribution in [0.25, 0.3) is 42.4 Å². The Bertz CT molecular complexity index is 1710. The molecule has 37 heavy (non-hydrogen) atoms. The minimum absolute atomic E-state index is 0.00750. The van der Waals surface area contributed by atoms with E-state index < -0.39 is 0 Å². The van der Waals surface area contributed by atoms with Crippen molar-refractivity contribution in [1.29, 1.82) is 0 Å². The van der Waals surface area contributed by atoms with E-state index in [0.717, 1.165) is 5.46 Å². The molecule has 0 saturated carbocycles. The van der Waals surface area contributed by atoms with E-state index in [1.165, 1.54) is 53.6 Å². The van der Waals surface area contributed by atoms with Crippen LogP contribution in [-0.4, -0.2) is 18.3 Å². The Morgan fingerprint density at radius 3 is 1.95 bits per heavy atom. The van der Waals surface area contributed by atoms with Crippen LogP contribution >= 0.6 is 11.3 Å². The van der Waals surface area contributed by atoms with Gasteiger partial charge in [0.1, 0.15) is 0 Å².